The second-order valence-corrected chi connectivity index (χ2v) is 9.90. The maximum absolute atomic E-state index is 6.07. The predicted octanol–water partition coefficient (Wildman–Crippen LogP) is 6.08. The van der Waals surface area contributed by atoms with Crippen molar-refractivity contribution in [2.24, 2.45) is 0 Å². The first-order valence-corrected chi connectivity index (χ1v) is 12.6. The number of benzene rings is 3. The Morgan fingerprint density at radius 1 is 0.889 bits per heavy atom. The van der Waals surface area contributed by atoms with Gasteiger partial charge >= 0.3 is 0 Å². The van der Waals surface area contributed by atoms with Crippen molar-refractivity contribution in [3.63, 3.8) is 0 Å². The first-order valence-electron chi connectivity index (χ1n) is 12.6. The van der Waals surface area contributed by atoms with E-state index in [0.29, 0.717) is 13.2 Å². The molecule has 6 nitrogen and oxygen atoms in total. The molecular formula is C30H29N5O. The number of hydrogen-bond donors (Lipinski definition) is 2. The topological polar surface area (TPSA) is 61.9 Å². The summed E-state index contributed by atoms with van der Waals surface area (Å²) in [5.74, 6) is 1.02. The zero-order valence-electron chi connectivity index (χ0n) is 20.4. The van der Waals surface area contributed by atoms with Gasteiger partial charge in [-0.1, -0.05) is 48.5 Å². The van der Waals surface area contributed by atoms with E-state index in [2.05, 4.69) is 105 Å². The molecular weight excluding hydrogens is 446 g/mol. The van der Waals surface area contributed by atoms with Gasteiger partial charge in [-0.25, -0.2) is 4.98 Å². The van der Waals surface area contributed by atoms with Crippen molar-refractivity contribution < 1.29 is 4.74 Å². The lowest BCUT2D eigenvalue weighted by molar-refractivity contribution is 0.0403. The summed E-state index contributed by atoms with van der Waals surface area (Å²) in [5.41, 5.74) is 8.49. The minimum atomic E-state index is 0.191. The van der Waals surface area contributed by atoms with E-state index in [1.54, 1.807) is 0 Å². The molecule has 1 atom stereocenters. The van der Waals surface area contributed by atoms with E-state index in [4.69, 9.17) is 9.72 Å². The number of fused-ring (bicyclic) bond motifs is 5. The Kier molecular flexibility index (Phi) is 5.15. The number of aromatic nitrogens is 4. The Bertz CT molecular complexity index is 1610. The Labute approximate surface area is 209 Å². The van der Waals surface area contributed by atoms with E-state index in [-0.39, 0.29) is 6.04 Å². The molecule has 0 spiro atoms. The molecule has 0 bridgehead atoms. The Morgan fingerprint density at radius 3 is 2.25 bits per heavy atom. The average Bonchev–Trinajstić information content (AvgIpc) is 3.61. The van der Waals surface area contributed by atoms with Crippen LogP contribution in [-0.4, -0.2) is 37.6 Å². The van der Waals surface area contributed by atoms with Crippen LogP contribution in [0.25, 0.3) is 32.8 Å². The third-order valence-corrected chi connectivity index (χ3v) is 7.51. The lowest BCUT2D eigenvalue weighted by Crippen LogP contribution is -2.35. The summed E-state index contributed by atoms with van der Waals surface area (Å²) in [6.45, 7) is 5.95. The highest BCUT2D eigenvalue weighted by Gasteiger charge is 2.27. The van der Waals surface area contributed by atoms with Gasteiger partial charge in [0.25, 0.3) is 0 Å². The number of aryl methyl sites for hydroxylation is 1. The first kappa shape index (κ1) is 21.4. The molecule has 4 heterocycles. The number of hydrogen-bond acceptors (Lipinski definition) is 3. The largest absolute Gasteiger partial charge is 0.371 e. The summed E-state index contributed by atoms with van der Waals surface area (Å²) >= 11 is 0. The summed E-state index contributed by atoms with van der Waals surface area (Å²) in [4.78, 5) is 14.4. The van der Waals surface area contributed by atoms with Crippen molar-refractivity contribution in [2.45, 2.75) is 32.7 Å². The van der Waals surface area contributed by atoms with Crippen molar-refractivity contribution >= 4 is 32.8 Å². The maximum atomic E-state index is 6.07. The molecule has 6 aromatic rings. The lowest BCUT2D eigenvalue weighted by atomic mass is 10.1. The monoisotopic (exact) mass is 475 g/mol. The number of aromatic amines is 2. The van der Waals surface area contributed by atoms with Gasteiger partial charge in [-0.15, -0.1) is 0 Å². The summed E-state index contributed by atoms with van der Waals surface area (Å²) in [6.07, 6.45) is 4.32. The number of nitrogens with zero attached hydrogens (tertiary/aromatic N) is 3. The molecule has 36 heavy (non-hydrogen) atoms. The van der Waals surface area contributed by atoms with E-state index in [1.807, 2.05) is 0 Å². The van der Waals surface area contributed by atoms with Crippen LogP contribution in [0, 0.1) is 6.92 Å². The molecule has 2 N–H and O–H groups in total. The standard InChI is InChI=1S/C30H29N5O/c1-20-7-6-12-28-30(20)33-29-19-36-18-23(35(28)29)17-34(15-21-13-31-26-10-4-2-8-24(21)26)16-22-14-32-27-11-5-3-9-25(22)27/h2-14,23,31-32H,15-19H2,1H3. The number of ether oxygens (including phenoxy) is 1. The Balaban J connectivity index is 1.27. The minimum Gasteiger partial charge on any atom is -0.371 e. The highest BCUT2D eigenvalue weighted by molar-refractivity contribution is 5.84. The molecule has 0 saturated heterocycles. The van der Waals surface area contributed by atoms with E-state index < -0.39 is 0 Å². The van der Waals surface area contributed by atoms with Crippen LogP contribution in [0.2, 0.25) is 0 Å². The third-order valence-electron chi connectivity index (χ3n) is 7.51. The van der Waals surface area contributed by atoms with Gasteiger partial charge in [-0.3, -0.25) is 4.90 Å². The van der Waals surface area contributed by atoms with Crippen LogP contribution < -0.4 is 0 Å². The van der Waals surface area contributed by atoms with Gasteiger partial charge in [0, 0.05) is 53.8 Å². The second-order valence-electron chi connectivity index (χ2n) is 9.90. The summed E-state index contributed by atoms with van der Waals surface area (Å²) in [7, 11) is 0. The highest BCUT2D eigenvalue weighted by Crippen LogP contribution is 2.30. The Morgan fingerprint density at radius 2 is 1.56 bits per heavy atom. The van der Waals surface area contributed by atoms with E-state index in [0.717, 1.165) is 31.0 Å². The van der Waals surface area contributed by atoms with E-state index >= 15 is 0 Å². The van der Waals surface area contributed by atoms with Gasteiger partial charge in [0.05, 0.1) is 23.7 Å². The molecule has 0 aliphatic carbocycles. The number of para-hydroxylation sites is 3. The van der Waals surface area contributed by atoms with Gasteiger partial charge < -0.3 is 19.3 Å². The summed E-state index contributed by atoms with van der Waals surface area (Å²) in [5, 5.41) is 2.57. The maximum Gasteiger partial charge on any atom is 0.136 e. The summed E-state index contributed by atoms with van der Waals surface area (Å²) < 4.78 is 8.49. The van der Waals surface area contributed by atoms with Crippen LogP contribution in [0.5, 0.6) is 0 Å². The number of H-pyrrole nitrogens is 2. The SMILES string of the molecule is Cc1cccc2c1nc1n2C(CN(Cc2c[nH]c3ccccc23)Cc2c[nH]c3ccccc23)COC1. The molecule has 0 radical (unpaired) electrons. The number of nitrogens with one attached hydrogen (secondary N) is 2. The van der Waals surface area contributed by atoms with Crippen LogP contribution >= 0.6 is 0 Å². The van der Waals surface area contributed by atoms with Gasteiger partial charge in [-0.05, 0) is 41.8 Å². The first-order chi connectivity index (χ1) is 17.7. The molecule has 3 aromatic heterocycles. The molecule has 180 valence electrons. The third kappa shape index (κ3) is 3.61. The van der Waals surface area contributed by atoms with Crippen molar-refractivity contribution in [2.75, 3.05) is 13.2 Å². The average molecular weight is 476 g/mol. The molecule has 1 aliphatic heterocycles. The van der Waals surface area contributed by atoms with Crippen molar-refractivity contribution in [1.29, 1.82) is 0 Å². The molecule has 7 rings (SSSR count). The number of imidazole rings is 1. The van der Waals surface area contributed by atoms with Crippen LogP contribution in [0.4, 0.5) is 0 Å². The molecule has 1 aliphatic rings. The fourth-order valence-corrected chi connectivity index (χ4v) is 5.80. The fraction of sp³-hybridized carbons (Fsp3) is 0.233. The zero-order valence-corrected chi connectivity index (χ0v) is 20.4. The van der Waals surface area contributed by atoms with Crippen molar-refractivity contribution in [1.82, 2.24) is 24.4 Å². The molecule has 6 heteroatoms. The van der Waals surface area contributed by atoms with Gasteiger partial charge in [0.2, 0.25) is 0 Å². The molecule has 0 saturated carbocycles. The smallest absolute Gasteiger partial charge is 0.136 e. The predicted molar refractivity (Wildman–Crippen MR) is 144 cm³/mol. The molecule has 3 aromatic carbocycles. The summed E-state index contributed by atoms with van der Waals surface area (Å²) in [6, 6.07) is 23.8. The van der Waals surface area contributed by atoms with Crippen LogP contribution in [0.15, 0.2) is 79.1 Å². The van der Waals surface area contributed by atoms with E-state index in [9.17, 15) is 0 Å². The molecule has 0 amide bonds. The quantitative estimate of drug-likeness (QED) is 0.307. The van der Waals surface area contributed by atoms with E-state index in [1.165, 1.54) is 44.0 Å². The number of rotatable bonds is 6. The zero-order chi connectivity index (χ0) is 24.1. The van der Waals surface area contributed by atoms with Crippen molar-refractivity contribution in [3.05, 3.63) is 102 Å². The lowest BCUT2D eigenvalue weighted by Gasteiger charge is -2.32. The van der Waals surface area contributed by atoms with Crippen molar-refractivity contribution in [3.8, 4) is 0 Å². The fourth-order valence-electron chi connectivity index (χ4n) is 5.80. The molecule has 0 fully saturated rings. The van der Waals surface area contributed by atoms with Gasteiger partial charge in [0.15, 0.2) is 0 Å². The highest BCUT2D eigenvalue weighted by atomic mass is 16.5. The minimum absolute atomic E-state index is 0.191. The van der Waals surface area contributed by atoms with Crippen LogP contribution in [-0.2, 0) is 24.4 Å². The Hall–Kier alpha value is -3.87. The second kappa shape index (κ2) is 8.66. The van der Waals surface area contributed by atoms with Crippen LogP contribution in [0.3, 0.4) is 0 Å². The van der Waals surface area contributed by atoms with Crippen LogP contribution in [0.1, 0.15) is 28.6 Å². The van der Waals surface area contributed by atoms with Gasteiger partial charge in [-0.2, -0.15) is 0 Å². The normalized spacial score (nSPS) is 15.9. The molecule has 1 unspecified atom stereocenters. The van der Waals surface area contributed by atoms with Gasteiger partial charge in [0.1, 0.15) is 12.4 Å².